The first-order valence-corrected chi connectivity index (χ1v) is 13.5. The van der Waals surface area contributed by atoms with Gasteiger partial charge in [-0.2, -0.15) is 0 Å². The summed E-state index contributed by atoms with van der Waals surface area (Å²) in [6, 6.07) is 18.4. The van der Waals surface area contributed by atoms with Gasteiger partial charge in [0.2, 0.25) is 11.9 Å². The summed E-state index contributed by atoms with van der Waals surface area (Å²) in [4.78, 5) is 23.9. The van der Waals surface area contributed by atoms with Gasteiger partial charge in [0.25, 0.3) is 0 Å². The number of nitrogens with zero attached hydrogens (tertiary/aromatic N) is 4. The number of nitrogens with one attached hydrogen (secondary N) is 3. The van der Waals surface area contributed by atoms with E-state index in [2.05, 4.69) is 71.7 Å². The van der Waals surface area contributed by atoms with Gasteiger partial charge in [-0.05, 0) is 55.7 Å². The summed E-state index contributed by atoms with van der Waals surface area (Å²) in [7, 11) is 1.99. The number of piperazine rings is 1. The number of pyridine rings is 1. The Bertz CT molecular complexity index is 1450. The van der Waals surface area contributed by atoms with Crippen LogP contribution in [-0.4, -0.2) is 57.1 Å². The summed E-state index contributed by atoms with van der Waals surface area (Å²) in [5.74, 6) is 2.82. The van der Waals surface area contributed by atoms with Gasteiger partial charge < -0.3 is 25.3 Å². The minimum Gasteiger partial charge on any atom is -0.457 e. The quantitative estimate of drug-likeness (QED) is 0.288. The molecule has 3 heterocycles. The predicted molar refractivity (Wildman–Crippen MR) is 156 cm³/mol. The zero-order valence-electron chi connectivity index (χ0n) is 23.2. The Hall–Kier alpha value is -3.95. The van der Waals surface area contributed by atoms with Crippen molar-refractivity contribution in [2.24, 2.45) is 7.05 Å². The van der Waals surface area contributed by atoms with E-state index in [1.807, 2.05) is 35.9 Å². The first kappa shape index (κ1) is 26.6. The maximum atomic E-state index is 12.7. The Labute approximate surface area is 229 Å². The second-order valence-electron chi connectivity index (χ2n) is 10.7. The van der Waals surface area contributed by atoms with Crippen LogP contribution in [0.15, 0.2) is 60.8 Å². The molecule has 1 fully saturated rings. The monoisotopic (exact) mass is 527 g/mol. The molecule has 1 amide bonds. The van der Waals surface area contributed by atoms with Crippen LogP contribution in [0.5, 0.6) is 11.5 Å². The number of hydrogen-bond acceptors (Lipinski definition) is 7. The summed E-state index contributed by atoms with van der Waals surface area (Å²) in [5.41, 5.74) is 4.09. The molecule has 2 atom stereocenters. The van der Waals surface area contributed by atoms with E-state index in [0.29, 0.717) is 41.9 Å². The number of hydrogen-bond donors (Lipinski definition) is 3. The molecule has 39 heavy (non-hydrogen) atoms. The molecule has 3 N–H and O–H groups in total. The van der Waals surface area contributed by atoms with Crippen LogP contribution in [0.2, 0.25) is 0 Å². The second kappa shape index (κ2) is 11.4. The van der Waals surface area contributed by atoms with Crippen molar-refractivity contribution in [1.29, 1.82) is 0 Å². The molecule has 9 heteroatoms. The average molecular weight is 528 g/mol. The third kappa shape index (κ3) is 6.55. The van der Waals surface area contributed by atoms with E-state index in [9.17, 15) is 4.79 Å². The molecular weight excluding hydrogens is 490 g/mol. The van der Waals surface area contributed by atoms with E-state index in [0.717, 1.165) is 35.8 Å². The number of ether oxygens (including phenoxy) is 1. The Balaban J connectivity index is 1.25. The summed E-state index contributed by atoms with van der Waals surface area (Å²) in [5, 5.41) is 9.83. The molecule has 0 spiro atoms. The van der Waals surface area contributed by atoms with E-state index in [1.165, 1.54) is 5.56 Å². The Morgan fingerprint density at radius 1 is 1.08 bits per heavy atom. The highest BCUT2D eigenvalue weighted by atomic mass is 16.5. The minimum absolute atomic E-state index is 0.0881. The molecule has 1 aliphatic heterocycles. The number of imidazole rings is 1. The third-order valence-corrected chi connectivity index (χ3v) is 6.90. The number of aryl methyl sites for hydroxylation is 1. The maximum absolute atomic E-state index is 12.7. The van der Waals surface area contributed by atoms with Gasteiger partial charge in [0.05, 0.1) is 17.6 Å². The summed E-state index contributed by atoms with van der Waals surface area (Å²) in [6.07, 6.45) is 1.63. The molecular formula is C30H37N7O2. The highest BCUT2D eigenvalue weighted by Crippen LogP contribution is 2.29. The SMILES string of the molecule is CC(C)c1cccc(Nc2nc3cc(Oc4ccnc(NC(=O)CN5C[C@@H](C)N[C@@H](C)C5)c4)ccc3n2C)c1. The lowest BCUT2D eigenvalue weighted by molar-refractivity contribution is -0.117. The van der Waals surface area contributed by atoms with Crippen molar-refractivity contribution in [2.45, 2.75) is 45.7 Å². The van der Waals surface area contributed by atoms with E-state index in [4.69, 9.17) is 9.72 Å². The van der Waals surface area contributed by atoms with Crippen molar-refractivity contribution in [2.75, 3.05) is 30.3 Å². The van der Waals surface area contributed by atoms with Crippen molar-refractivity contribution in [3.05, 3.63) is 66.4 Å². The number of amides is 1. The number of benzene rings is 2. The fourth-order valence-corrected chi connectivity index (χ4v) is 5.09. The zero-order valence-corrected chi connectivity index (χ0v) is 23.2. The third-order valence-electron chi connectivity index (χ3n) is 6.90. The number of rotatable bonds is 8. The van der Waals surface area contributed by atoms with Crippen LogP contribution in [0, 0.1) is 0 Å². The smallest absolute Gasteiger partial charge is 0.239 e. The van der Waals surface area contributed by atoms with Crippen LogP contribution in [-0.2, 0) is 11.8 Å². The van der Waals surface area contributed by atoms with E-state index >= 15 is 0 Å². The van der Waals surface area contributed by atoms with Gasteiger partial charge in [-0.25, -0.2) is 9.97 Å². The van der Waals surface area contributed by atoms with Crippen LogP contribution in [0.3, 0.4) is 0 Å². The number of anilines is 3. The number of fused-ring (bicyclic) bond motifs is 1. The lowest BCUT2D eigenvalue weighted by Gasteiger charge is -2.35. The van der Waals surface area contributed by atoms with Crippen molar-refractivity contribution in [3.8, 4) is 11.5 Å². The van der Waals surface area contributed by atoms with Gasteiger partial charge in [0, 0.05) is 56.2 Å². The first-order valence-electron chi connectivity index (χ1n) is 13.5. The number of carbonyl (C=O) groups excluding carboxylic acids is 1. The standard InChI is InChI=1S/C30H37N7O2/c1-19(2)22-7-6-8-23(13-22)33-30-34-26-14-24(9-10-27(26)36(30)5)39-25-11-12-31-28(15-25)35-29(38)18-37-16-20(3)32-21(4)17-37/h6-15,19-21,32H,16-18H2,1-5H3,(H,33,34)(H,31,35,38)/t20-,21+. The van der Waals surface area contributed by atoms with Gasteiger partial charge in [0.15, 0.2) is 0 Å². The molecule has 0 radical (unpaired) electrons. The number of aromatic nitrogens is 3. The lowest BCUT2D eigenvalue weighted by Crippen LogP contribution is -2.55. The fraction of sp³-hybridized carbons (Fsp3) is 0.367. The van der Waals surface area contributed by atoms with Gasteiger partial charge in [-0.15, -0.1) is 0 Å². The highest BCUT2D eigenvalue weighted by molar-refractivity contribution is 5.91. The fourth-order valence-electron chi connectivity index (χ4n) is 5.09. The summed E-state index contributed by atoms with van der Waals surface area (Å²) < 4.78 is 8.15. The van der Waals surface area contributed by atoms with Crippen LogP contribution in [0.1, 0.15) is 39.2 Å². The number of carbonyl (C=O) groups is 1. The van der Waals surface area contributed by atoms with E-state index in [1.54, 1.807) is 18.3 Å². The summed E-state index contributed by atoms with van der Waals surface area (Å²) in [6.45, 7) is 10.6. The average Bonchev–Trinajstić information content (AvgIpc) is 3.17. The Morgan fingerprint density at radius 2 is 1.85 bits per heavy atom. The molecule has 0 unspecified atom stereocenters. The Kier molecular flexibility index (Phi) is 7.81. The summed E-state index contributed by atoms with van der Waals surface area (Å²) >= 11 is 0. The van der Waals surface area contributed by atoms with Crippen LogP contribution in [0.25, 0.3) is 11.0 Å². The Morgan fingerprint density at radius 3 is 2.62 bits per heavy atom. The lowest BCUT2D eigenvalue weighted by atomic mass is 10.0. The molecule has 2 aromatic carbocycles. The van der Waals surface area contributed by atoms with Crippen molar-refractivity contribution in [1.82, 2.24) is 24.8 Å². The van der Waals surface area contributed by atoms with E-state index < -0.39 is 0 Å². The molecule has 2 aromatic heterocycles. The van der Waals surface area contributed by atoms with Crippen molar-refractivity contribution in [3.63, 3.8) is 0 Å². The second-order valence-corrected chi connectivity index (χ2v) is 10.7. The normalized spacial score (nSPS) is 17.9. The van der Waals surface area contributed by atoms with Crippen molar-refractivity contribution >= 4 is 34.4 Å². The van der Waals surface area contributed by atoms with Gasteiger partial charge in [-0.3, -0.25) is 9.69 Å². The molecule has 1 saturated heterocycles. The molecule has 4 aromatic rings. The van der Waals surface area contributed by atoms with Crippen LogP contribution >= 0.6 is 0 Å². The predicted octanol–water partition coefficient (Wildman–Crippen LogP) is 5.25. The van der Waals surface area contributed by atoms with Gasteiger partial charge >= 0.3 is 0 Å². The van der Waals surface area contributed by atoms with Gasteiger partial charge in [-0.1, -0.05) is 26.0 Å². The van der Waals surface area contributed by atoms with Crippen molar-refractivity contribution < 1.29 is 9.53 Å². The van der Waals surface area contributed by atoms with Crippen LogP contribution in [0.4, 0.5) is 17.5 Å². The molecule has 0 aliphatic carbocycles. The minimum atomic E-state index is -0.0881. The van der Waals surface area contributed by atoms with E-state index in [-0.39, 0.29) is 5.91 Å². The maximum Gasteiger partial charge on any atom is 0.239 e. The van der Waals surface area contributed by atoms with Gasteiger partial charge in [0.1, 0.15) is 17.3 Å². The molecule has 204 valence electrons. The zero-order chi connectivity index (χ0) is 27.5. The molecule has 5 rings (SSSR count). The topological polar surface area (TPSA) is 96.3 Å². The highest BCUT2D eigenvalue weighted by Gasteiger charge is 2.22. The largest absolute Gasteiger partial charge is 0.457 e. The molecule has 1 aliphatic rings. The molecule has 0 bridgehead atoms. The first-order chi connectivity index (χ1) is 18.7. The molecule has 0 saturated carbocycles. The van der Waals surface area contributed by atoms with Crippen LogP contribution < -0.4 is 20.7 Å². The molecule has 9 nitrogen and oxygen atoms in total.